The highest BCUT2D eigenvalue weighted by Gasteiger charge is 2.42. The van der Waals surface area contributed by atoms with E-state index < -0.39 is 24.0 Å². The lowest BCUT2D eigenvalue weighted by Gasteiger charge is -2.30. The normalized spacial score (nSPS) is 25.8. The minimum atomic E-state index is -4.20. The largest absolute Gasteiger partial charge is 0.391 e. The molecule has 2 unspecified atom stereocenters. The molecule has 1 saturated heterocycles. The Bertz CT molecular complexity index is 609. The molecule has 1 saturated carbocycles. The molecule has 2 aliphatic rings. The van der Waals surface area contributed by atoms with Crippen LogP contribution in [0, 0.1) is 12.8 Å². The molecule has 2 atom stereocenters. The Labute approximate surface area is 144 Å². The van der Waals surface area contributed by atoms with Gasteiger partial charge in [0.05, 0.1) is 17.7 Å². The van der Waals surface area contributed by atoms with E-state index in [9.17, 15) is 18.0 Å². The summed E-state index contributed by atoms with van der Waals surface area (Å²) >= 11 is 0. The second-order valence-corrected chi connectivity index (χ2v) is 7.02. The number of carbonyl (C=O) groups excluding carboxylic acids is 1. The van der Waals surface area contributed by atoms with E-state index in [0.29, 0.717) is 18.5 Å². The average molecular weight is 359 g/mol. The van der Waals surface area contributed by atoms with E-state index >= 15 is 0 Å². The third kappa shape index (κ3) is 4.13. The fraction of sp³-hybridized carbons (Fsp3) is 0.812. The molecule has 1 aromatic rings. The molecule has 2 N–H and O–H groups in total. The first-order valence-corrected chi connectivity index (χ1v) is 8.86. The van der Waals surface area contributed by atoms with Gasteiger partial charge in [0.15, 0.2) is 5.69 Å². The molecule has 0 radical (unpaired) electrons. The molecular formula is C16H24F3N5O. The smallest absolute Gasteiger partial charge is 0.348 e. The SMILES string of the molecule is Cc1c(C(=O)NC2CCCC(C(F)(F)F)C2)nnn1C1CCNCC1. The number of amides is 1. The molecule has 1 aliphatic carbocycles. The summed E-state index contributed by atoms with van der Waals surface area (Å²) in [6.07, 6.45) is -1.24. The minimum absolute atomic E-state index is 0.0588. The Morgan fingerprint density at radius 2 is 1.96 bits per heavy atom. The van der Waals surface area contributed by atoms with Crippen LogP contribution in [-0.4, -0.2) is 46.2 Å². The third-order valence-corrected chi connectivity index (χ3v) is 5.27. The van der Waals surface area contributed by atoms with Crippen LogP contribution in [0.15, 0.2) is 0 Å². The van der Waals surface area contributed by atoms with E-state index in [0.717, 1.165) is 25.9 Å². The number of alkyl halides is 3. The van der Waals surface area contributed by atoms with E-state index in [-0.39, 0.29) is 24.6 Å². The lowest BCUT2D eigenvalue weighted by Crippen LogP contribution is -2.41. The van der Waals surface area contributed by atoms with Crippen molar-refractivity contribution in [3.8, 4) is 0 Å². The Morgan fingerprint density at radius 1 is 1.24 bits per heavy atom. The van der Waals surface area contributed by atoms with Crippen LogP contribution in [0.5, 0.6) is 0 Å². The van der Waals surface area contributed by atoms with Crippen molar-refractivity contribution in [2.45, 2.75) is 63.7 Å². The summed E-state index contributed by atoms with van der Waals surface area (Å²) < 4.78 is 40.5. The molecule has 6 nitrogen and oxygen atoms in total. The predicted molar refractivity (Wildman–Crippen MR) is 85.2 cm³/mol. The monoisotopic (exact) mass is 359 g/mol. The highest BCUT2D eigenvalue weighted by Crippen LogP contribution is 2.37. The molecule has 2 fully saturated rings. The van der Waals surface area contributed by atoms with Crippen molar-refractivity contribution >= 4 is 5.91 Å². The van der Waals surface area contributed by atoms with Gasteiger partial charge in [-0.15, -0.1) is 5.10 Å². The summed E-state index contributed by atoms with van der Waals surface area (Å²) in [6, 6.07) is -0.254. The molecule has 2 heterocycles. The molecule has 9 heteroatoms. The number of nitrogens with one attached hydrogen (secondary N) is 2. The zero-order chi connectivity index (χ0) is 18.0. The number of piperidine rings is 1. The Balaban J connectivity index is 1.64. The summed E-state index contributed by atoms with van der Waals surface area (Å²) in [7, 11) is 0. The van der Waals surface area contributed by atoms with E-state index in [1.54, 1.807) is 11.6 Å². The van der Waals surface area contributed by atoms with Gasteiger partial charge in [-0.25, -0.2) is 4.68 Å². The Morgan fingerprint density at radius 3 is 2.64 bits per heavy atom. The second-order valence-electron chi connectivity index (χ2n) is 7.02. The number of rotatable bonds is 3. The van der Waals surface area contributed by atoms with Gasteiger partial charge >= 0.3 is 6.18 Å². The van der Waals surface area contributed by atoms with Gasteiger partial charge < -0.3 is 10.6 Å². The van der Waals surface area contributed by atoms with E-state index in [1.807, 2.05) is 0 Å². The van der Waals surface area contributed by atoms with Crippen LogP contribution in [0.25, 0.3) is 0 Å². The van der Waals surface area contributed by atoms with Gasteiger partial charge in [-0.05, 0) is 52.1 Å². The van der Waals surface area contributed by atoms with Gasteiger partial charge in [-0.3, -0.25) is 4.79 Å². The fourth-order valence-electron chi connectivity index (χ4n) is 3.82. The molecule has 140 valence electrons. The van der Waals surface area contributed by atoms with Crippen molar-refractivity contribution in [1.82, 2.24) is 25.6 Å². The van der Waals surface area contributed by atoms with Crippen molar-refractivity contribution in [3.05, 3.63) is 11.4 Å². The minimum Gasteiger partial charge on any atom is -0.348 e. The maximum absolute atomic E-state index is 12.9. The third-order valence-electron chi connectivity index (χ3n) is 5.27. The molecular weight excluding hydrogens is 335 g/mol. The zero-order valence-corrected chi connectivity index (χ0v) is 14.3. The maximum Gasteiger partial charge on any atom is 0.391 e. The number of carbonyl (C=O) groups is 1. The second kappa shape index (κ2) is 7.31. The van der Waals surface area contributed by atoms with E-state index in [1.165, 1.54) is 0 Å². The highest BCUT2D eigenvalue weighted by atomic mass is 19.4. The molecule has 0 aromatic carbocycles. The lowest BCUT2D eigenvalue weighted by atomic mass is 9.85. The van der Waals surface area contributed by atoms with Crippen LogP contribution in [0.2, 0.25) is 0 Å². The summed E-state index contributed by atoms with van der Waals surface area (Å²) in [5.41, 5.74) is 0.889. The molecule has 1 aromatic heterocycles. The first-order chi connectivity index (χ1) is 11.9. The van der Waals surface area contributed by atoms with Gasteiger partial charge in [0.2, 0.25) is 0 Å². The van der Waals surface area contributed by atoms with Crippen LogP contribution >= 0.6 is 0 Å². The lowest BCUT2D eigenvalue weighted by molar-refractivity contribution is -0.183. The maximum atomic E-state index is 12.9. The van der Waals surface area contributed by atoms with Crippen molar-refractivity contribution in [3.63, 3.8) is 0 Å². The van der Waals surface area contributed by atoms with Crippen LogP contribution < -0.4 is 10.6 Å². The molecule has 1 aliphatic heterocycles. The Hall–Kier alpha value is -1.64. The first-order valence-electron chi connectivity index (χ1n) is 8.86. The number of nitrogens with zero attached hydrogens (tertiary/aromatic N) is 3. The molecule has 25 heavy (non-hydrogen) atoms. The summed E-state index contributed by atoms with van der Waals surface area (Å²) in [5.74, 6) is -1.76. The quantitative estimate of drug-likeness (QED) is 0.869. The number of hydrogen-bond donors (Lipinski definition) is 2. The summed E-state index contributed by atoms with van der Waals surface area (Å²) in [6.45, 7) is 3.58. The standard InChI is InChI=1S/C16H24F3N5O/c1-10-14(22-23-24(10)13-5-7-20-8-6-13)15(25)21-12-4-2-3-11(9-12)16(17,18)19/h11-13,20H,2-9H2,1H3,(H,21,25). The zero-order valence-electron chi connectivity index (χ0n) is 14.3. The highest BCUT2D eigenvalue weighted by molar-refractivity contribution is 5.93. The number of halogens is 3. The average Bonchev–Trinajstić information content (AvgIpc) is 2.97. The van der Waals surface area contributed by atoms with Crippen molar-refractivity contribution in [2.24, 2.45) is 5.92 Å². The van der Waals surface area contributed by atoms with Crippen molar-refractivity contribution in [1.29, 1.82) is 0 Å². The van der Waals surface area contributed by atoms with Crippen LogP contribution in [0.1, 0.15) is 60.7 Å². The summed E-state index contributed by atoms with van der Waals surface area (Å²) in [4.78, 5) is 12.5. The van der Waals surface area contributed by atoms with E-state index in [2.05, 4.69) is 20.9 Å². The van der Waals surface area contributed by atoms with Crippen LogP contribution in [-0.2, 0) is 0 Å². The topological polar surface area (TPSA) is 71.8 Å². The van der Waals surface area contributed by atoms with Crippen molar-refractivity contribution in [2.75, 3.05) is 13.1 Å². The first kappa shape index (κ1) is 18.2. The van der Waals surface area contributed by atoms with E-state index in [4.69, 9.17) is 0 Å². The predicted octanol–water partition coefficient (Wildman–Crippen LogP) is 2.36. The molecule has 0 bridgehead atoms. The number of aromatic nitrogens is 3. The van der Waals surface area contributed by atoms with Crippen molar-refractivity contribution < 1.29 is 18.0 Å². The van der Waals surface area contributed by atoms with Gasteiger partial charge in [0.1, 0.15) is 0 Å². The van der Waals surface area contributed by atoms with Gasteiger partial charge in [-0.2, -0.15) is 13.2 Å². The molecule has 3 rings (SSSR count). The molecule has 0 spiro atoms. The molecule has 1 amide bonds. The van der Waals surface area contributed by atoms with Crippen LogP contribution in [0.4, 0.5) is 13.2 Å². The summed E-state index contributed by atoms with van der Waals surface area (Å²) in [5, 5.41) is 14.1. The van der Waals surface area contributed by atoms with Gasteiger partial charge in [-0.1, -0.05) is 11.6 Å². The van der Waals surface area contributed by atoms with Gasteiger partial charge in [0.25, 0.3) is 5.91 Å². The van der Waals surface area contributed by atoms with Crippen LogP contribution in [0.3, 0.4) is 0 Å². The van der Waals surface area contributed by atoms with Gasteiger partial charge in [0, 0.05) is 6.04 Å². The Kier molecular flexibility index (Phi) is 5.31. The number of hydrogen-bond acceptors (Lipinski definition) is 4. The fourth-order valence-corrected chi connectivity index (χ4v) is 3.82.